The summed E-state index contributed by atoms with van der Waals surface area (Å²) < 4.78 is 4.91. The van der Waals surface area contributed by atoms with Crippen LogP contribution in [0.5, 0.6) is 5.75 Å². The number of aliphatic hydroxyl groups is 1. The fraction of sp³-hybridized carbons (Fsp3) is 0.231. The van der Waals surface area contributed by atoms with E-state index in [1.165, 1.54) is 41.0 Å². The number of likely N-dealkylation sites (N-methyl/N-ethyl adjacent to an activating group) is 1. The first-order chi connectivity index (χ1) is 14.9. The first-order valence-corrected chi connectivity index (χ1v) is 10.3. The number of hydrogen-bond acceptors (Lipinski definition) is 4. The molecule has 3 aromatic rings. The molecule has 0 bridgehead atoms. The smallest absolute Gasteiger partial charge is 0.214 e. The van der Waals surface area contributed by atoms with E-state index in [1.807, 2.05) is 6.08 Å². The van der Waals surface area contributed by atoms with Gasteiger partial charge in [0.25, 0.3) is 0 Å². The number of allylic oxidation sites excluding steroid dienone is 2. The van der Waals surface area contributed by atoms with Gasteiger partial charge < -0.3 is 20.2 Å². The van der Waals surface area contributed by atoms with E-state index in [4.69, 9.17) is 20.7 Å². The molecule has 1 aliphatic heterocycles. The Morgan fingerprint density at radius 1 is 1.06 bits per heavy atom. The van der Waals surface area contributed by atoms with E-state index in [1.54, 1.807) is 24.3 Å². The summed E-state index contributed by atoms with van der Waals surface area (Å²) in [6, 6.07) is 19.8. The molecule has 3 N–H and O–H groups in total. The number of aliphatic hydroxyl groups excluding tert-OH is 1. The molecule has 4 rings (SSSR count). The maximum absolute atomic E-state index is 8.84. The van der Waals surface area contributed by atoms with Gasteiger partial charge in [0, 0.05) is 46.0 Å². The van der Waals surface area contributed by atoms with Gasteiger partial charge in [-0.15, -0.1) is 0 Å². The van der Waals surface area contributed by atoms with Crippen LogP contribution in [0.4, 0.5) is 5.69 Å². The predicted octanol–water partition coefficient (Wildman–Crippen LogP) is 6.07. The van der Waals surface area contributed by atoms with E-state index in [2.05, 4.69) is 62.1 Å². The second kappa shape index (κ2) is 10.5. The van der Waals surface area contributed by atoms with Crippen molar-refractivity contribution in [1.29, 1.82) is 10.8 Å². The minimum atomic E-state index is -0.470. The van der Waals surface area contributed by atoms with Crippen LogP contribution >= 0.6 is 0 Å². The third-order valence-corrected chi connectivity index (χ3v) is 5.69. The Balaban J connectivity index is 0.000000259. The van der Waals surface area contributed by atoms with Crippen LogP contribution in [0.1, 0.15) is 31.9 Å². The number of methoxy groups -OCH3 is 1. The summed E-state index contributed by atoms with van der Waals surface area (Å²) in [4.78, 5) is 2.35. The summed E-state index contributed by atoms with van der Waals surface area (Å²) in [6.07, 6.45) is 3.33. The van der Waals surface area contributed by atoms with Gasteiger partial charge in [0.05, 0.1) is 18.4 Å². The van der Waals surface area contributed by atoms with E-state index in [0.29, 0.717) is 11.3 Å². The van der Waals surface area contributed by atoms with Gasteiger partial charge >= 0.3 is 0 Å². The van der Waals surface area contributed by atoms with E-state index in [-0.39, 0.29) is 22.2 Å². The molecule has 0 spiro atoms. The Labute approximate surface area is 199 Å². The van der Waals surface area contributed by atoms with E-state index < -0.39 is 5.90 Å². The van der Waals surface area contributed by atoms with Crippen LogP contribution < -0.4 is 9.64 Å². The summed E-state index contributed by atoms with van der Waals surface area (Å²) in [5.74, 6) is 0.0439. The van der Waals surface area contributed by atoms with Gasteiger partial charge in [0.2, 0.25) is 5.90 Å². The molecule has 0 saturated heterocycles. The predicted molar refractivity (Wildman–Crippen MR) is 129 cm³/mol. The molecule has 5 nitrogen and oxygen atoms in total. The molecule has 0 aromatic heterocycles. The number of anilines is 1. The number of ether oxygens (including phenoxy) is 1. The molecule has 32 heavy (non-hydrogen) atoms. The molecule has 6 heteroatoms. The monoisotopic (exact) mass is 474 g/mol. The largest absolute Gasteiger partial charge is 0.496 e. The average molecular weight is 474 g/mol. The number of nitrogens with zero attached hydrogens (tertiary/aromatic N) is 1. The van der Waals surface area contributed by atoms with Gasteiger partial charge in [-0.1, -0.05) is 62.4 Å². The minimum absolute atomic E-state index is 0. The molecule has 0 saturated carbocycles. The maximum atomic E-state index is 8.84. The third-order valence-electron chi connectivity index (χ3n) is 5.69. The number of fused-ring (bicyclic) bond motifs is 3. The molecule has 0 atom stereocenters. The van der Waals surface area contributed by atoms with Crippen LogP contribution in [0.25, 0.3) is 10.8 Å². The molecule has 1 aliphatic rings. The Morgan fingerprint density at radius 2 is 1.72 bits per heavy atom. The number of hydrogen-bond donors (Lipinski definition) is 3. The van der Waals surface area contributed by atoms with E-state index >= 15 is 0 Å². The standard InChI is InChI=1S/C18H20N2.C8H9NO2.Co/c1-4-20-16(11-12-19)18(2,3)15-10-9-13-7-5-6-8-14(13)17(15)20;1-11-7-5-3-2-4-6(7)8(9)10;/h5-12,19H,4H2,1-3H3;2-5H,1H3,(H2,9,10);/b16-11-,19-12?;;. The van der Waals surface area contributed by atoms with E-state index in [0.717, 1.165) is 6.54 Å². The molecule has 169 valence electrons. The zero-order chi connectivity index (χ0) is 22.6. The number of rotatable bonds is 4. The van der Waals surface area contributed by atoms with Crippen molar-refractivity contribution in [2.75, 3.05) is 18.6 Å². The van der Waals surface area contributed by atoms with Crippen molar-refractivity contribution < 1.29 is 26.6 Å². The molecule has 0 fully saturated rings. The normalized spacial score (nSPS) is 14.8. The van der Waals surface area contributed by atoms with Gasteiger partial charge in [-0.05, 0) is 36.1 Å². The SMILES string of the molecule is CCN1/C(=C\C=N)C(C)(C)c2ccc3ccccc3c21.COc1ccccc1C(=N)O.[Co]. The Kier molecular flexibility index (Phi) is 8.24. The average Bonchev–Trinajstić information content (AvgIpc) is 3.00. The number of nitrogens with one attached hydrogen (secondary N) is 2. The van der Waals surface area contributed by atoms with Crippen molar-refractivity contribution in [2.45, 2.75) is 26.2 Å². The van der Waals surface area contributed by atoms with Crippen molar-refractivity contribution in [2.24, 2.45) is 0 Å². The third kappa shape index (κ3) is 4.56. The van der Waals surface area contributed by atoms with Crippen LogP contribution in [0, 0.1) is 10.8 Å². The zero-order valence-corrected chi connectivity index (χ0v) is 19.8. The van der Waals surface area contributed by atoms with Crippen LogP contribution in [-0.4, -0.2) is 30.9 Å². The Bertz CT molecular complexity index is 1150. The van der Waals surface area contributed by atoms with E-state index in [9.17, 15) is 0 Å². The van der Waals surface area contributed by atoms with Crippen molar-refractivity contribution in [3.8, 4) is 5.75 Å². The molecule has 0 unspecified atom stereocenters. The van der Waals surface area contributed by atoms with Crippen LogP contribution in [0.15, 0.2) is 72.4 Å². The van der Waals surface area contributed by atoms with Gasteiger partial charge in [-0.2, -0.15) is 0 Å². The van der Waals surface area contributed by atoms with Crippen molar-refractivity contribution >= 4 is 28.6 Å². The van der Waals surface area contributed by atoms with Crippen molar-refractivity contribution in [1.82, 2.24) is 0 Å². The van der Waals surface area contributed by atoms with Gasteiger partial charge in [0.1, 0.15) is 5.75 Å². The zero-order valence-electron chi connectivity index (χ0n) is 18.8. The first kappa shape index (κ1) is 25.2. The van der Waals surface area contributed by atoms with Crippen molar-refractivity contribution in [3.05, 3.63) is 83.6 Å². The van der Waals surface area contributed by atoms with Gasteiger partial charge in [-0.25, -0.2) is 0 Å². The minimum Gasteiger partial charge on any atom is -0.496 e. The second-order valence-corrected chi connectivity index (χ2v) is 7.82. The quantitative estimate of drug-likeness (QED) is 0.317. The molecule has 3 aromatic carbocycles. The Hall–Kier alpha value is -3.09. The molecular weight excluding hydrogens is 445 g/mol. The van der Waals surface area contributed by atoms with Crippen LogP contribution in [-0.2, 0) is 22.2 Å². The Morgan fingerprint density at radius 3 is 2.31 bits per heavy atom. The summed E-state index contributed by atoms with van der Waals surface area (Å²) in [5.41, 5.74) is 4.23. The van der Waals surface area contributed by atoms with Crippen LogP contribution in [0.2, 0.25) is 0 Å². The van der Waals surface area contributed by atoms with Gasteiger partial charge in [0.15, 0.2) is 0 Å². The number of benzene rings is 3. The molecule has 0 aliphatic carbocycles. The molecule has 1 heterocycles. The van der Waals surface area contributed by atoms with Gasteiger partial charge in [-0.3, -0.25) is 5.41 Å². The topological polar surface area (TPSA) is 80.4 Å². The van der Waals surface area contributed by atoms with Crippen LogP contribution in [0.3, 0.4) is 0 Å². The fourth-order valence-corrected chi connectivity index (χ4v) is 4.19. The summed E-state index contributed by atoms with van der Waals surface area (Å²) in [5, 5.41) is 25.8. The second-order valence-electron chi connectivity index (χ2n) is 7.82. The summed E-state index contributed by atoms with van der Waals surface area (Å²) >= 11 is 0. The molecule has 0 amide bonds. The molecular formula is C26H29CoN3O2. The first-order valence-electron chi connectivity index (χ1n) is 10.3. The molecule has 1 radical (unpaired) electrons. The summed E-state index contributed by atoms with van der Waals surface area (Å²) in [6.45, 7) is 7.58. The van der Waals surface area contributed by atoms with Crippen molar-refractivity contribution in [3.63, 3.8) is 0 Å². The maximum Gasteiger partial charge on any atom is 0.214 e. The fourth-order valence-electron chi connectivity index (χ4n) is 4.19. The summed E-state index contributed by atoms with van der Waals surface area (Å²) in [7, 11) is 1.50. The number of para-hydroxylation sites is 1.